The lowest BCUT2D eigenvalue weighted by atomic mass is 10.1. The van der Waals surface area contributed by atoms with E-state index in [0.29, 0.717) is 0 Å². The van der Waals surface area contributed by atoms with Gasteiger partial charge in [-0.05, 0) is 30.5 Å². The molecule has 1 aromatic heterocycles. The van der Waals surface area contributed by atoms with Crippen LogP contribution in [-0.2, 0) is 12.6 Å². The van der Waals surface area contributed by atoms with Gasteiger partial charge in [-0.25, -0.2) is 4.79 Å². The number of aliphatic hydroxyl groups is 1. The first kappa shape index (κ1) is 10.4. The van der Waals surface area contributed by atoms with Gasteiger partial charge in [-0.2, -0.15) is 0 Å². The molecule has 0 aliphatic heterocycles. The van der Waals surface area contributed by atoms with E-state index in [4.69, 9.17) is 0 Å². The molecule has 3 rings (SSSR count). The standard InChI is InChI=1S/C13H14N2O2/c1-14-7-8-15(12(14)16)11-4-2-3-10(9-11)13(17)5-6-13/h2-4,7-9,17H,5-6H2,1H3. The Hall–Kier alpha value is -1.81. The van der Waals surface area contributed by atoms with Crippen molar-refractivity contribution in [2.45, 2.75) is 18.4 Å². The highest BCUT2D eigenvalue weighted by molar-refractivity contribution is 5.40. The van der Waals surface area contributed by atoms with Gasteiger partial charge in [-0.15, -0.1) is 0 Å². The average molecular weight is 230 g/mol. The van der Waals surface area contributed by atoms with Crippen LogP contribution < -0.4 is 5.69 Å². The summed E-state index contributed by atoms with van der Waals surface area (Å²) in [5.74, 6) is 0. The molecule has 1 saturated carbocycles. The minimum Gasteiger partial charge on any atom is -0.385 e. The number of aromatic nitrogens is 2. The number of benzene rings is 1. The summed E-state index contributed by atoms with van der Waals surface area (Å²) in [5.41, 5.74) is 0.957. The fourth-order valence-electron chi connectivity index (χ4n) is 2.01. The van der Waals surface area contributed by atoms with Gasteiger partial charge in [0.25, 0.3) is 0 Å². The molecule has 0 saturated heterocycles. The highest BCUT2D eigenvalue weighted by Gasteiger charge is 2.42. The van der Waals surface area contributed by atoms with Crippen LogP contribution in [-0.4, -0.2) is 14.2 Å². The van der Waals surface area contributed by atoms with Crippen molar-refractivity contribution in [3.63, 3.8) is 0 Å². The van der Waals surface area contributed by atoms with Crippen molar-refractivity contribution in [3.05, 3.63) is 52.7 Å². The average Bonchev–Trinajstić information content (AvgIpc) is 3.00. The van der Waals surface area contributed by atoms with Crippen LogP contribution in [0.3, 0.4) is 0 Å². The number of imidazole rings is 1. The quantitative estimate of drug-likeness (QED) is 0.841. The Morgan fingerprint density at radius 3 is 2.65 bits per heavy atom. The fraction of sp³-hybridized carbons (Fsp3) is 0.308. The van der Waals surface area contributed by atoms with Crippen LogP contribution in [0.5, 0.6) is 0 Å². The van der Waals surface area contributed by atoms with E-state index in [1.807, 2.05) is 24.3 Å². The van der Waals surface area contributed by atoms with Crippen LogP contribution >= 0.6 is 0 Å². The van der Waals surface area contributed by atoms with Crippen molar-refractivity contribution in [2.24, 2.45) is 7.05 Å². The van der Waals surface area contributed by atoms with E-state index >= 15 is 0 Å². The van der Waals surface area contributed by atoms with Crippen molar-refractivity contribution >= 4 is 0 Å². The number of aryl methyl sites for hydroxylation is 1. The Bertz CT molecular complexity index is 620. The van der Waals surface area contributed by atoms with E-state index in [9.17, 15) is 9.90 Å². The van der Waals surface area contributed by atoms with Gasteiger partial charge in [-0.1, -0.05) is 12.1 Å². The lowest BCUT2D eigenvalue weighted by molar-refractivity contribution is 0.151. The van der Waals surface area contributed by atoms with Gasteiger partial charge in [0.15, 0.2) is 0 Å². The van der Waals surface area contributed by atoms with Crippen molar-refractivity contribution in [2.75, 3.05) is 0 Å². The number of hydrogen-bond acceptors (Lipinski definition) is 2. The van der Waals surface area contributed by atoms with Gasteiger partial charge in [0.1, 0.15) is 0 Å². The third-order valence-corrected chi connectivity index (χ3v) is 3.33. The third-order valence-electron chi connectivity index (χ3n) is 3.33. The molecule has 0 amide bonds. The Morgan fingerprint density at radius 2 is 2.06 bits per heavy atom. The second-order valence-electron chi connectivity index (χ2n) is 4.64. The SMILES string of the molecule is Cn1ccn(-c2cccc(C3(O)CC3)c2)c1=O. The zero-order valence-corrected chi connectivity index (χ0v) is 9.63. The summed E-state index contributed by atoms with van der Waals surface area (Å²) < 4.78 is 3.10. The van der Waals surface area contributed by atoms with Crippen molar-refractivity contribution in [1.82, 2.24) is 9.13 Å². The first-order valence-corrected chi connectivity index (χ1v) is 5.67. The zero-order valence-electron chi connectivity index (χ0n) is 9.63. The maximum atomic E-state index is 11.8. The zero-order chi connectivity index (χ0) is 12.0. The van der Waals surface area contributed by atoms with Gasteiger partial charge in [0, 0.05) is 19.4 Å². The molecule has 0 bridgehead atoms. The van der Waals surface area contributed by atoms with Gasteiger partial charge >= 0.3 is 5.69 Å². The molecule has 88 valence electrons. The Labute approximate surface area is 98.7 Å². The molecule has 1 N–H and O–H groups in total. The molecule has 4 nitrogen and oxygen atoms in total. The molecule has 0 spiro atoms. The molecule has 1 aliphatic carbocycles. The molecule has 2 aromatic rings. The van der Waals surface area contributed by atoms with Crippen molar-refractivity contribution < 1.29 is 5.11 Å². The topological polar surface area (TPSA) is 47.2 Å². The maximum Gasteiger partial charge on any atom is 0.332 e. The largest absolute Gasteiger partial charge is 0.385 e. The maximum absolute atomic E-state index is 11.8. The Morgan fingerprint density at radius 1 is 1.29 bits per heavy atom. The summed E-state index contributed by atoms with van der Waals surface area (Å²) in [6.07, 6.45) is 5.07. The van der Waals surface area contributed by atoms with Gasteiger partial charge < -0.3 is 9.67 Å². The molecule has 0 unspecified atom stereocenters. The molecule has 1 heterocycles. The smallest absolute Gasteiger partial charge is 0.332 e. The Kier molecular flexibility index (Phi) is 2.03. The second-order valence-corrected chi connectivity index (χ2v) is 4.64. The van der Waals surface area contributed by atoms with E-state index in [1.165, 1.54) is 4.57 Å². The molecule has 1 fully saturated rings. The molecule has 1 aliphatic rings. The first-order valence-electron chi connectivity index (χ1n) is 5.67. The highest BCUT2D eigenvalue weighted by Crippen LogP contribution is 2.45. The van der Waals surface area contributed by atoms with Gasteiger partial charge in [-0.3, -0.25) is 4.57 Å². The van der Waals surface area contributed by atoms with E-state index in [2.05, 4.69) is 0 Å². The van der Waals surface area contributed by atoms with E-state index in [0.717, 1.165) is 24.1 Å². The van der Waals surface area contributed by atoms with E-state index < -0.39 is 5.60 Å². The Balaban J connectivity index is 2.10. The molecule has 0 radical (unpaired) electrons. The monoisotopic (exact) mass is 230 g/mol. The summed E-state index contributed by atoms with van der Waals surface area (Å²) in [4.78, 5) is 11.8. The highest BCUT2D eigenvalue weighted by atomic mass is 16.3. The molecular formula is C13H14N2O2. The van der Waals surface area contributed by atoms with Crippen LogP contribution in [0.4, 0.5) is 0 Å². The molecule has 17 heavy (non-hydrogen) atoms. The normalized spacial score (nSPS) is 17.1. The van der Waals surface area contributed by atoms with Crippen LogP contribution in [0.1, 0.15) is 18.4 Å². The summed E-state index contributed by atoms with van der Waals surface area (Å²) in [7, 11) is 1.72. The second kappa shape index (κ2) is 3.34. The lowest BCUT2D eigenvalue weighted by Crippen LogP contribution is -2.20. The molecule has 0 atom stereocenters. The van der Waals surface area contributed by atoms with Gasteiger partial charge in [0.05, 0.1) is 11.3 Å². The molecular weight excluding hydrogens is 216 g/mol. The summed E-state index contributed by atoms with van der Waals surface area (Å²) >= 11 is 0. The fourth-order valence-corrected chi connectivity index (χ4v) is 2.01. The predicted octanol–water partition coefficient (Wildman–Crippen LogP) is 1.16. The van der Waals surface area contributed by atoms with Crippen molar-refractivity contribution in [1.29, 1.82) is 0 Å². The van der Waals surface area contributed by atoms with Crippen molar-refractivity contribution in [3.8, 4) is 5.69 Å². The molecule has 1 aromatic carbocycles. The summed E-state index contributed by atoms with van der Waals surface area (Å²) in [6, 6.07) is 7.54. The first-order chi connectivity index (χ1) is 8.10. The number of nitrogens with zero attached hydrogens (tertiary/aromatic N) is 2. The number of hydrogen-bond donors (Lipinski definition) is 1. The predicted molar refractivity (Wildman–Crippen MR) is 64.1 cm³/mol. The number of rotatable bonds is 2. The van der Waals surface area contributed by atoms with Crippen LogP contribution in [0, 0.1) is 0 Å². The summed E-state index contributed by atoms with van der Waals surface area (Å²) in [5, 5.41) is 10.1. The van der Waals surface area contributed by atoms with Crippen LogP contribution in [0.25, 0.3) is 5.69 Å². The lowest BCUT2D eigenvalue weighted by Gasteiger charge is -2.10. The van der Waals surface area contributed by atoms with Crippen LogP contribution in [0.2, 0.25) is 0 Å². The minimum absolute atomic E-state index is 0.0788. The minimum atomic E-state index is -0.658. The van der Waals surface area contributed by atoms with E-state index in [-0.39, 0.29) is 5.69 Å². The summed E-state index contributed by atoms with van der Waals surface area (Å²) in [6.45, 7) is 0. The van der Waals surface area contributed by atoms with Crippen LogP contribution in [0.15, 0.2) is 41.5 Å². The third kappa shape index (κ3) is 1.61. The van der Waals surface area contributed by atoms with E-state index in [1.54, 1.807) is 24.0 Å². The van der Waals surface area contributed by atoms with Gasteiger partial charge in [0.2, 0.25) is 0 Å². The molecule has 4 heteroatoms.